The van der Waals surface area contributed by atoms with Crippen LogP contribution in [0.1, 0.15) is 41.0 Å². The molecular weight excluding hydrogens is 330 g/mol. The Morgan fingerprint density at radius 1 is 1.29 bits per heavy atom. The number of piperidine rings is 1. The Bertz CT molecular complexity index is 514. The molecule has 2 atom stereocenters. The summed E-state index contributed by atoms with van der Waals surface area (Å²) in [6.07, 6.45) is 0.355. The van der Waals surface area contributed by atoms with Crippen LogP contribution in [0.25, 0.3) is 0 Å². The number of rotatable bonds is 5. The molecule has 3 amide bonds. The van der Waals surface area contributed by atoms with Crippen LogP contribution in [-0.4, -0.2) is 47.2 Å². The SMILES string of the molecule is CC(C)C(NC(=O)SCC(C)(C)C)C(=O)NC1CCNC(=O)C1=O. The molecule has 1 heterocycles. The fourth-order valence-corrected chi connectivity index (χ4v) is 2.87. The number of thioether (sulfide) groups is 1. The molecular formula is C16H27N3O4S. The molecule has 24 heavy (non-hydrogen) atoms. The molecule has 1 aliphatic rings. The van der Waals surface area contributed by atoms with E-state index in [1.54, 1.807) is 0 Å². The van der Waals surface area contributed by atoms with Crippen LogP contribution in [0.4, 0.5) is 4.79 Å². The number of carbonyl (C=O) groups excluding carboxylic acids is 4. The zero-order valence-electron chi connectivity index (χ0n) is 14.9. The number of hydrogen-bond donors (Lipinski definition) is 3. The maximum absolute atomic E-state index is 12.4. The molecule has 8 heteroatoms. The van der Waals surface area contributed by atoms with E-state index >= 15 is 0 Å². The molecule has 0 spiro atoms. The summed E-state index contributed by atoms with van der Waals surface area (Å²) in [5.74, 6) is -1.28. The molecule has 0 bridgehead atoms. The van der Waals surface area contributed by atoms with Crippen LogP contribution in [0.5, 0.6) is 0 Å². The highest BCUT2D eigenvalue weighted by molar-refractivity contribution is 8.13. The molecule has 136 valence electrons. The van der Waals surface area contributed by atoms with E-state index in [-0.39, 0.29) is 16.6 Å². The van der Waals surface area contributed by atoms with Gasteiger partial charge in [0, 0.05) is 12.3 Å². The molecule has 2 unspecified atom stereocenters. The van der Waals surface area contributed by atoms with Crippen molar-refractivity contribution in [1.82, 2.24) is 16.0 Å². The number of nitrogens with one attached hydrogen (secondary N) is 3. The maximum Gasteiger partial charge on any atom is 0.289 e. The van der Waals surface area contributed by atoms with Crippen LogP contribution in [0.3, 0.4) is 0 Å². The van der Waals surface area contributed by atoms with Crippen molar-refractivity contribution < 1.29 is 19.2 Å². The minimum absolute atomic E-state index is 0.000525. The lowest BCUT2D eigenvalue weighted by molar-refractivity contribution is -0.142. The zero-order chi connectivity index (χ0) is 18.5. The fraction of sp³-hybridized carbons (Fsp3) is 0.750. The Hall–Kier alpha value is -1.57. The fourth-order valence-electron chi connectivity index (χ4n) is 2.09. The summed E-state index contributed by atoms with van der Waals surface area (Å²) in [4.78, 5) is 47.6. The van der Waals surface area contributed by atoms with Crippen molar-refractivity contribution in [2.75, 3.05) is 12.3 Å². The van der Waals surface area contributed by atoms with Gasteiger partial charge in [-0.25, -0.2) is 0 Å². The Morgan fingerprint density at radius 2 is 1.92 bits per heavy atom. The molecule has 1 aliphatic heterocycles. The average molecular weight is 357 g/mol. The lowest BCUT2D eigenvalue weighted by atomic mass is 10.0. The van der Waals surface area contributed by atoms with E-state index < -0.39 is 29.7 Å². The summed E-state index contributed by atoms with van der Waals surface area (Å²) in [7, 11) is 0. The summed E-state index contributed by atoms with van der Waals surface area (Å²) in [6.45, 7) is 10.1. The summed E-state index contributed by atoms with van der Waals surface area (Å²) in [5.41, 5.74) is -0.000525. The van der Waals surface area contributed by atoms with Gasteiger partial charge in [-0.3, -0.25) is 19.2 Å². The quantitative estimate of drug-likeness (QED) is 0.639. The van der Waals surface area contributed by atoms with E-state index in [2.05, 4.69) is 16.0 Å². The van der Waals surface area contributed by atoms with Crippen LogP contribution >= 0.6 is 11.8 Å². The van der Waals surface area contributed by atoms with Gasteiger partial charge in [-0.05, 0) is 17.8 Å². The number of ketones is 1. The van der Waals surface area contributed by atoms with Gasteiger partial charge in [-0.2, -0.15) is 0 Å². The number of amides is 3. The first-order valence-corrected chi connectivity index (χ1v) is 9.05. The highest BCUT2D eigenvalue weighted by Crippen LogP contribution is 2.21. The van der Waals surface area contributed by atoms with Crippen molar-refractivity contribution in [3.05, 3.63) is 0 Å². The van der Waals surface area contributed by atoms with Crippen LogP contribution in [-0.2, 0) is 14.4 Å². The predicted octanol–water partition coefficient (Wildman–Crippen LogP) is 1.07. The van der Waals surface area contributed by atoms with Gasteiger partial charge >= 0.3 is 0 Å². The Morgan fingerprint density at radius 3 is 2.46 bits per heavy atom. The van der Waals surface area contributed by atoms with E-state index in [9.17, 15) is 19.2 Å². The first kappa shape index (κ1) is 20.5. The molecule has 1 rings (SSSR count). The van der Waals surface area contributed by atoms with Gasteiger partial charge in [0.2, 0.25) is 11.7 Å². The van der Waals surface area contributed by atoms with Crippen molar-refractivity contribution in [3.8, 4) is 0 Å². The van der Waals surface area contributed by atoms with Gasteiger partial charge in [0.25, 0.3) is 11.1 Å². The lowest BCUT2D eigenvalue weighted by Crippen LogP contribution is -2.57. The number of Topliss-reactive ketones (excluding diaryl/α,β-unsaturated/α-hetero) is 1. The first-order chi connectivity index (χ1) is 11.0. The van der Waals surface area contributed by atoms with Crippen molar-refractivity contribution >= 4 is 34.6 Å². The molecule has 0 aliphatic carbocycles. The van der Waals surface area contributed by atoms with E-state index in [0.717, 1.165) is 11.8 Å². The second-order valence-corrected chi connectivity index (χ2v) is 8.42. The van der Waals surface area contributed by atoms with Gasteiger partial charge in [0.1, 0.15) is 6.04 Å². The average Bonchev–Trinajstić information content (AvgIpc) is 2.46. The molecule has 1 saturated heterocycles. The van der Waals surface area contributed by atoms with Crippen molar-refractivity contribution in [1.29, 1.82) is 0 Å². The molecule has 0 aromatic carbocycles. The minimum Gasteiger partial charge on any atom is -0.349 e. The lowest BCUT2D eigenvalue weighted by Gasteiger charge is -2.27. The molecule has 0 aromatic rings. The van der Waals surface area contributed by atoms with Gasteiger partial charge in [0.05, 0.1) is 6.04 Å². The minimum atomic E-state index is -0.827. The summed E-state index contributed by atoms with van der Waals surface area (Å²) in [5, 5.41) is 7.45. The van der Waals surface area contributed by atoms with E-state index in [1.165, 1.54) is 0 Å². The number of hydrogen-bond acceptors (Lipinski definition) is 5. The van der Waals surface area contributed by atoms with Crippen LogP contribution < -0.4 is 16.0 Å². The second kappa shape index (κ2) is 8.50. The number of carbonyl (C=O) groups is 4. The van der Waals surface area contributed by atoms with Crippen LogP contribution in [0, 0.1) is 11.3 Å². The Balaban J connectivity index is 2.63. The third-order valence-corrected chi connectivity index (χ3v) is 4.82. The zero-order valence-corrected chi connectivity index (χ0v) is 15.7. The Labute approximate surface area is 147 Å². The molecule has 0 radical (unpaired) electrons. The molecule has 0 aromatic heterocycles. The summed E-state index contributed by atoms with van der Waals surface area (Å²) in [6, 6.07) is -1.57. The maximum atomic E-state index is 12.4. The Kier molecular flexibility index (Phi) is 7.26. The van der Waals surface area contributed by atoms with E-state index in [0.29, 0.717) is 18.7 Å². The smallest absolute Gasteiger partial charge is 0.289 e. The van der Waals surface area contributed by atoms with Crippen molar-refractivity contribution in [2.24, 2.45) is 11.3 Å². The van der Waals surface area contributed by atoms with Crippen molar-refractivity contribution in [3.63, 3.8) is 0 Å². The van der Waals surface area contributed by atoms with E-state index in [1.807, 2.05) is 34.6 Å². The highest BCUT2D eigenvalue weighted by Gasteiger charge is 2.33. The van der Waals surface area contributed by atoms with Crippen LogP contribution in [0.15, 0.2) is 0 Å². The second-order valence-electron chi connectivity index (χ2n) is 7.47. The highest BCUT2D eigenvalue weighted by atomic mass is 32.2. The third-order valence-electron chi connectivity index (χ3n) is 3.43. The van der Waals surface area contributed by atoms with Gasteiger partial charge in [0.15, 0.2) is 0 Å². The summed E-state index contributed by atoms with van der Waals surface area (Å²) < 4.78 is 0. The molecule has 3 N–H and O–H groups in total. The van der Waals surface area contributed by atoms with Gasteiger partial charge in [-0.15, -0.1) is 0 Å². The normalized spacial score (nSPS) is 19.7. The van der Waals surface area contributed by atoms with Crippen LogP contribution in [0.2, 0.25) is 0 Å². The predicted molar refractivity (Wildman–Crippen MR) is 93.6 cm³/mol. The standard InChI is InChI=1S/C16H27N3O4S/c1-9(2)11(19-15(23)24-8-16(3,4)5)13(21)18-10-6-7-17-14(22)12(10)20/h9-11H,6-8H2,1-5H3,(H,17,22)(H,18,21)(H,19,23). The topological polar surface area (TPSA) is 104 Å². The monoisotopic (exact) mass is 357 g/mol. The first-order valence-electron chi connectivity index (χ1n) is 8.07. The molecule has 7 nitrogen and oxygen atoms in total. The van der Waals surface area contributed by atoms with Crippen molar-refractivity contribution in [2.45, 2.75) is 53.1 Å². The van der Waals surface area contributed by atoms with Gasteiger partial charge < -0.3 is 16.0 Å². The largest absolute Gasteiger partial charge is 0.349 e. The molecule has 0 saturated carbocycles. The summed E-state index contributed by atoms with van der Waals surface area (Å²) >= 11 is 1.13. The molecule has 1 fully saturated rings. The third kappa shape index (κ3) is 6.51. The van der Waals surface area contributed by atoms with E-state index in [4.69, 9.17) is 0 Å². The van der Waals surface area contributed by atoms with Gasteiger partial charge in [-0.1, -0.05) is 46.4 Å².